The summed E-state index contributed by atoms with van der Waals surface area (Å²) in [6.07, 6.45) is 3.16. The fraction of sp³-hybridized carbons (Fsp3) is 0.667. The highest BCUT2D eigenvalue weighted by Gasteiger charge is 2.51. The highest BCUT2D eigenvalue weighted by Crippen LogP contribution is 2.41. The van der Waals surface area contributed by atoms with Gasteiger partial charge in [0, 0.05) is 44.5 Å². The standard InChI is InChI=1S/C21H27FN6O2/c1-26-6-7-30-17(11-26)19-24-18-16(4-5-23-20(18)25-19)27-9-12-2-3-13(10-27)28(12)21(29)14-8-15(14)22/h4-5,12-15,17H,2-3,6-11H2,1H3,(H,23,24,25)/t12?,13?,14-,15-,17?/m1/s1. The number of piperazine rings is 1. The Bertz CT molecular complexity index is 968. The van der Waals surface area contributed by atoms with E-state index in [9.17, 15) is 9.18 Å². The quantitative estimate of drug-likeness (QED) is 0.820. The predicted octanol–water partition coefficient (Wildman–Crippen LogP) is 1.50. The van der Waals surface area contributed by atoms with E-state index in [4.69, 9.17) is 9.72 Å². The average molecular weight is 414 g/mol. The summed E-state index contributed by atoms with van der Waals surface area (Å²) in [6, 6.07) is 2.34. The van der Waals surface area contributed by atoms with Crippen LogP contribution in [0.5, 0.6) is 0 Å². The largest absolute Gasteiger partial charge is 0.368 e. The maximum Gasteiger partial charge on any atom is 0.229 e. The van der Waals surface area contributed by atoms with Crippen molar-refractivity contribution in [3.05, 3.63) is 18.1 Å². The molecule has 8 nitrogen and oxygen atoms in total. The molecule has 1 saturated carbocycles. The molecule has 3 unspecified atom stereocenters. The number of morpholine rings is 1. The van der Waals surface area contributed by atoms with Crippen molar-refractivity contribution in [2.75, 3.05) is 44.7 Å². The van der Waals surface area contributed by atoms with Crippen LogP contribution in [0.2, 0.25) is 0 Å². The summed E-state index contributed by atoms with van der Waals surface area (Å²) >= 11 is 0. The van der Waals surface area contributed by atoms with E-state index in [0.29, 0.717) is 18.7 Å². The third-order valence-corrected chi connectivity index (χ3v) is 7.07. The molecule has 2 aromatic heterocycles. The van der Waals surface area contributed by atoms with E-state index in [-0.39, 0.29) is 24.1 Å². The van der Waals surface area contributed by atoms with Crippen LogP contribution in [0.15, 0.2) is 12.3 Å². The van der Waals surface area contributed by atoms with E-state index in [1.165, 1.54) is 0 Å². The Morgan fingerprint density at radius 2 is 2.03 bits per heavy atom. The molecule has 3 aliphatic heterocycles. The van der Waals surface area contributed by atoms with Gasteiger partial charge in [0.2, 0.25) is 5.91 Å². The Kier molecular flexibility index (Phi) is 4.24. The molecule has 1 aliphatic carbocycles. The van der Waals surface area contributed by atoms with Gasteiger partial charge in [-0.2, -0.15) is 0 Å². The number of rotatable bonds is 3. The molecule has 4 aliphatic rings. The molecule has 6 rings (SSSR count). The number of halogens is 1. The minimum absolute atomic E-state index is 0.0249. The SMILES string of the molecule is CN1CCOC(c2nc3nccc(N4CC5CCC(C4)N5C(=O)[C@@H]4C[C@H]4F)c3[nH]2)C1. The molecule has 0 radical (unpaired) electrons. The molecule has 0 spiro atoms. The number of H-pyrrole nitrogens is 1. The van der Waals surface area contributed by atoms with Gasteiger partial charge in [-0.25, -0.2) is 14.4 Å². The Balaban J connectivity index is 1.26. The molecular weight excluding hydrogens is 387 g/mol. The first-order chi connectivity index (χ1) is 14.6. The molecule has 30 heavy (non-hydrogen) atoms. The van der Waals surface area contributed by atoms with Gasteiger partial charge in [-0.1, -0.05) is 0 Å². The number of carbonyl (C=O) groups is 1. The molecule has 1 amide bonds. The lowest BCUT2D eigenvalue weighted by Gasteiger charge is -2.42. The topological polar surface area (TPSA) is 77.6 Å². The van der Waals surface area contributed by atoms with Gasteiger partial charge in [-0.3, -0.25) is 4.79 Å². The highest BCUT2D eigenvalue weighted by molar-refractivity contribution is 5.87. The van der Waals surface area contributed by atoms with Crippen molar-refractivity contribution in [3.8, 4) is 0 Å². The van der Waals surface area contributed by atoms with Crippen LogP contribution in [-0.4, -0.2) is 88.7 Å². The summed E-state index contributed by atoms with van der Waals surface area (Å²) in [5.41, 5.74) is 2.69. The second kappa shape index (κ2) is 6.88. The molecule has 5 heterocycles. The molecule has 160 valence electrons. The number of carbonyl (C=O) groups excluding carboxylic acids is 1. The molecule has 5 atom stereocenters. The minimum atomic E-state index is -0.931. The van der Waals surface area contributed by atoms with E-state index in [1.807, 2.05) is 11.0 Å². The smallest absolute Gasteiger partial charge is 0.229 e. The zero-order chi connectivity index (χ0) is 20.4. The lowest BCUT2D eigenvalue weighted by molar-refractivity contribution is -0.136. The number of nitrogens with zero attached hydrogens (tertiary/aromatic N) is 5. The normalized spacial score (nSPS) is 34.0. The summed E-state index contributed by atoms with van der Waals surface area (Å²) < 4.78 is 19.4. The van der Waals surface area contributed by atoms with Crippen molar-refractivity contribution >= 4 is 22.8 Å². The van der Waals surface area contributed by atoms with Gasteiger partial charge in [0.25, 0.3) is 0 Å². The third kappa shape index (κ3) is 2.98. The van der Waals surface area contributed by atoms with Crippen LogP contribution in [0.1, 0.15) is 31.2 Å². The van der Waals surface area contributed by atoms with E-state index >= 15 is 0 Å². The molecule has 2 aromatic rings. The number of pyridine rings is 1. The number of imidazole rings is 1. The van der Waals surface area contributed by atoms with Crippen LogP contribution in [0.4, 0.5) is 10.1 Å². The van der Waals surface area contributed by atoms with E-state index in [0.717, 1.165) is 56.0 Å². The van der Waals surface area contributed by atoms with Crippen LogP contribution in [0.3, 0.4) is 0 Å². The number of nitrogens with one attached hydrogen (secondary N) is 1. The van der Waals surface area contributed by atoms with Gasteiger partial charge in [0.05, 0.1) is 18.2 Å². The lowest BCUT2D eigenvalue weighted by atomic mass is 10.1. The zero-order valence-corrected chi connectivity index (χ0v) is 17.1. The maximum absolute atomic E-state index is 13.5. The first-order valence-electron chi connectivity index (χ1n) is 10.9. The molecule has 2 bridgehead atoms. The Morgan fingerprint density at radius 1 is 1.27 bits per heavy atom. The Hall–Kier alpha value is -2.26. The summed E-state index contributed by atoms with van der Waals surface area (Å²) in [6.45, 7) is 3.95. The number of amides is 1. The number of anilines is 1. The van der Waals surface area contributed by atoms with E-state index in [2.05, 4.69) is 26.8 Å². The van der Waals surface area contributed by atoms with Crippen LogP contribution < -0.4 is 4.90 Å². The molecule has 1 N–H and O–H groups in total. The number of hydrogen-bond acceptors (Lipinski definition) is 6. The van der Waals surface area contributed by atoms with Crippen molar-refractivity contribution in [2.24, 2.45) is 5.92 Å². The number of ether oxygens (including phenoxy) is 1. The molecule has 3 saturated heterocycles. The predicted molar refractivity (Wildman–Crippen MR) is 109 cm³/mol. The Labute approximate surface area is 174 Å². The van der Waals surface area contributed by atoms with Crippen LogP contribution in [0.25, 0.3) is 11.2 Å². The van der Waals surface area contributed by atoms with Crippen LogP contribution in [-0.2, 0) is 9.53 Å². The number of alkyl halides is 1. The fourth-order valence-electron chi connectivity index (χ4n) is 5.35. The van der Waals surface area contributed by atoms with Gasteiger partial charge in [-0.15, -0.1) is 0 Å². The summed E-state index contributed by atoms with van der Waals surface area (Å²) in [5, 5.41) is 0. The molecule has 9 heteroatoms. The second-order valence-electron chi connectivity index (χ2n) is 9.17. The highest BCUT2D eigenvalue weighted by atomic mass is 19.1. The summed E-state index contributed by atoms with van der Waals surface area (Å²) in [7, 11) is 2.09. The first kappa shape index (κ1) is 18.5. The van der Waals surface area contributed by atoms with Gasteiger partial charge < -0.3 is 24.4 Å². The number of hydrogen-bond donors (Lipinski definition) is 1. The minimum Gasteiger partial charge on any atom is -0.368 e. The van der Waals surface area contributed by atoms with Crippen molar-refractivity contribution in [2.45, 2.75) is 43.6 Å². The van der Waals surface area contributed by atoms with Gasteiger partial charge in [-0.05, 0) is 32.4 Å². The molecular formula is C21H27FN6O2. The van der Waals surface area contributed by atoms with Gasteiger partial charge >= 0.3 is 0 Å². The van der Waals surface area contributed by atoms with Crippen molar-refractivity contribution < 1.29 is 13.9 Å². The number of aromatic nitrogens is 3. The maximum atomic E-state index is 13.5. The lowest BCUT2D eigenvalue weighted by Crippen LogP contribution is -2.56. The number of aromatic amines is 1. The summed E-state index contributed by atoms with van der Waals surface area (Å²) in [5.74, 6) is 0.448. The first-order valence-corrected chi connectivity index (χ1v) is 10.9. The number of likely N-dealkylation sites (N-methyl/N-ethyl adjacent to an activating group) is 1. The molecule has 0 aromatic carbocycles. The summed E-state index contributed by atoms with van der Waals surface area (Å²) in [4.78, 5) is 31.9. The monoisotopic (exact) mass is 414 g/mol. The van der Waals surface area contributed by atoms with Crippen LogP contribution in [0, 0.1) is 5.92 Å². The zero-order valence-electron chi connectivity index (χ0n) is 17.1. The van der Waals surface area contributed by atoms with Crippen molar-refractivity contribution in [3.63, 3.8) is 0 Å². The second-order valence-corrected chi connectivity index (χ2v) is 9.17. The van der Waals surface area contributed by atoms with Crippen molar-refractivity contribution in [1.82, 2.24) is 24.8 Å². The fourth-order valence-corrected chi connectivity index (χ4v) is 5.35. The van der Waals surface area contributed by atoms with Gasteiger partial charge in [0.1, 0.15) is 23.6 Å². The number of fused-ring (bicyclic) bond motifs is 3. The third-order valence-electron chi connectivity index (χ3n) is 7.07. The van der Waals surface area contributed by atoms with Crippen LogP contribution >= 0.6 is 0 Å². The average Bonchev–Trinajstić information content (AvgIpc) is 3.21. The van der Waals surface area contributed by atoms with Crippen molar-refractivity contribution in [1.29, 1.82) is 0 Å². The molecule has 4 fully saturated rings. The van der Waals surface area contributed by atoms with Gasteiger partial charge in [0.15, 0.2) is 5.65 Å². The van der Waals surface area contributed by atoms with E-state index in [1.54, 1.807) is 6.20 Å². The van der Waals surface area contributed by atoms with E-state index < -0.39 is 12.1 Å². The Morgan fingerprint density at radius 3 is 2.73 bits per heavy atom.